The summed E-state index contributed by atoms with van der Waals surface area (Å²) in [6, 6.07) is 0. The molecule has 0 radical (unpaired) electrons. The lowest BCUT2D eigenvalue weighted by atomic mass is 9.96. The van der Waals surface area contributed by atoms with Gasteiger partial charge in [-0.05, 0) is 24.8 Å². The first kappa shape index (κ1) is 9.48. The summed E-state index contributed by atoms with van der Waals surface area (Å²) in [5, 5.41) is 0. The van der Waals surface area contributed by atoms with Gasteiger partial charge in [0.2, 0.25) is 0 Å². The molecular weight excluding hydrogens is 120 g/mol. The molecule has 0 aromatic heterocycles. The molecule has 0 heteroatoms. The molecule has 0 aliphatic heterocycles. The molecule has 0 aromatic rings. The van der Waals surface area contributed by atoms with Crippen LogP contribution in [0, 0.1) is 5.92 Å². The van der Waals surface area contributed by atoms with Gasteiger partial charge in [-0.1, -0.05) is 39.0 Å². The zero-order valence-electron chi connectivity index (χ0n) is 7.57. The van der Waals surface area contributed by atoms with Gasteiger partial charge in [0.05, 0.1) is 0 Å². The van der Waals surface area contributed by atoms with E-state index in [4.69, 9.17) is 0 Å². The predicted molar refractivity (Wildman–Crippen MR) is 48.0 cm³/mol. The molecule has 0 heterocycles. The minimum Gasteiger partial charge on any atom is -0.0958 e. The molecule has 0 unspecified atom stereocenters. The molecule has 0 aliphatic carbocycles. The van der Waals surface area contributed by atoms with E-state index >= 15 is 0 Å². The molecule has 0 spiro atoms. The van der Waals surface area contributed by atoms with Crippen LogP contribution >= 0.6 is 0 Å². The fraction of sp³-hybridized carbons (Fsp3) is 0.600. The van der Waals surface area contributed by atoms with Crippen molar-refractivity contribution in [2.45, 2.75) is 34.1 Å². The summed E-state index contributed by atoms with van der Waals surface area (Å²) in [7, 11) is 0. The maximum atomic E-state index is 3.93. The first-order valence-corrected chi connectivity index (χ1v) is 3.95. The van der Waals surface area contributed by atoms with E-state index < -0.39 is 0 Å². The molecule has 10 heavy (non-hydrogen) atoms. The van der Waals surface area contributed by atoms with E-state index in [2.05, 4.69) is 40.3 Å². The molecule has 0 bridgehead atoms. The number of allylic oxidation sites excluding steroid dienone is 3. The zero-order valence-corrected chi connectivity index (χ0v) is 7.57. The van der Waals surface area contributed by atoms with Gasteiger partial charge >= 0.3 is 0 Å². The van der Waals surface area contributed by atoms with E-state index in [-0.39, 0.29) is 0 Å². The summed E-state index contributed by atoms with van der Waals surface area (Å²) in [5.41, 5.74) is 2.61. The largest absolute Gasteiger partial charge is 0.0958 e. The van der Waals surface area contributed by atoms with Gasteiger partial charge in [0.25, 0.3) is 0 Å². The van der Waals surface area contributed by atoms with Crippen LogP contribution in [0.1, 0.15) is 34.1 Å². The van der Waals surface area contributed by atoms with Crippen LogP contribution in [0.2, 0.25) is 0 Å². The molecule has 0 amide bonds. The van der Waals surface area contributed by atoms with Gasteiger partial charge < -0.3 is 0 Å². The van der Waals surface area contributed by atoms with E-state index in [1.807, 2.05) is 0 Å². The SMILES string of the molecule is C=C(C)C(=CCC)C(C)C. The highest BCUT2D eigenvalue weighted by Gasteiger charge is 2.01. The molecule has 0 rings (SSSR count). The van der Waals surface area contributed by atoms with Gasteiger partial charge in [-0.25, -0.2) is 0 Å². The average molecular weight is 138 g/mol. The maximum absolute atomic E-state index is 3.93. The minimum absolute atomic E-state index is 0.623. The third-order valence-electron chi connectivity index (χ3n) is 1.54. The number of rotatable bonds is 3. The molecule has 58 valence electrons. The van der Waals surface area contributed by atoms with Crippen molar-refractivity contribution in [2.75, 3.05) is 0 Å². The lowest BCUT2D eigenvalue weighted by Crippen LogP contribution is -1.94. The van der Waals surface area contributed by atoms with E-state index in [1.165, 1.54) is 11.1 Å². The smallest absolute Gasteiger partial charge is 0.0220 e. The minimum atomic E-state index is 0.623. The van der Waals surface area contributed by atoms with Crippen molar-refractivity contribution in [2.24, 2.45) is 5.92 Å². The Morgan fingerprint density at radius 1 is 1.50 bits per heavy atom. The quantitative estimate of drug-likeness (QED) is 0.523. The topological polar surface area (TPSA) is 0 Å². The molecular formula is C10H18. The van der Waals surface area contributed by atoms with Crippen LogP contribution < -0.4 is 0 Å². The van der Waals surface area contributed by atoms with Crippen LogP contribution in [0.15, 0.2) is 23.8 Å². The fourth-order valence-corrected chi connectivity index (χ4v) is 1.12. The lowest BCUT2D eigenvalue weighted by Gasteiger charge is -2.09. The van der Waals surface area contributed by atoms with Crippen LogP contribution in [-0.4, -0.2) is 0 Å². The maximum Gasteiger partial charge on any atom is -0.0220 e. The first-order valence-electron chi connectivity index (χ1n) is 3.95. The van der Waals surface area contributed by atoms with Gasteiger partial charge in [-0.2, -0.15) is 0 Å². The zero-order chi connectivity index (χ0) is 8.15. The van der Waals surface area contributed by atoms with Gasteiger partial charge in [0, 0.05) is 0 Å². The second kappa shape index (κ2) is 4.32. The first-order chi connectivity index (χ1) is 4.59. The molecule has 0 saturated heterocycles. The van der Waals surface area contributed by atoms with Gasteiger partial charge in [-0.3, -0.25) is 0 Å². The molecule has 0 fully saturated rings. The standard InChI is InChI=1S/C10H18/c1-6-7-10(8(2)3)9(4)5/h7,9H,2,6H2,1,3-5H3. The Bertz CT molecular complexity index is 138. The Morgan fingerprint density at radius 3 is 2.10 bits per heavy atom. The van der Waals surface area contributed by atoms with Crippen molar-refractivity contribution in [3.8, 4) is 0 Å². The highest BCUT2D eigenvalue weighted by atomic mass is 14.1. The van der Waals surface area contributed by atoms with Gasteiger partial charge in [0.1, 0.15) is 0 Å². The van der Waals surface area contributed by atoms with Crippen molar-refractivity contribution in [3.05, 3.63) is 23.8 Å². The molecule has 0 N–H and O–H groups in total. The van der Waals surface area contributed by atoms with Crippen LogP contribution in [-0.2, 0) is 0 Å². The third-order valence-corrected chi connectivity index (χ3v) is 1.54. The summed E-state index contributed by atoms with van der Waals surface area (Å²) in [4.78, 5) is 0. The fourth-order valence-electron chi connectivity index (χ4n) is 1.12. The molecule has 0 atom stereocenters. The highest BCUT2D eigenvalue weighted by molar-refractivity contribution is 5.27. The Morgan fingerprint density at radius 2 is 2.00 bits per heavy atom. The molecule has 0 saturated carbocycles. The van der Waals surface area contributed by atoms with Crippen LogP contribution in [0.3, 0.4) is 0 Å². The van der Waals surface area contributed by atoms with Crippen LogP contribution in [0.5, 0.6) is 0 Å². The summed E-state index contributed by atoms with van der Waals surface area (Å²) in [5.74, 6) is 0.623. The van der Waals surface area contributed by atoms with E-state index in [9.17, 15) is 0 Å². The second-order valence-corrected chi connectivity index (χ2v) is 3.00. The monoisotopic (exact) mass is 138 g/mol. The summed E-state index contributed by atoms with van der Waals surface area (Å²) in [6.45, 7) is 12.6. The van der Waals surface area contributed by atoms with Gasteiger partial charge in [-0.15, -0.1) is 0 Å². The second-order valence-electron chi connectivity index (χ2n) is 3.00. The van der Waals surface area contributed by atoms with Crippen molar-refractivity contribution in [3.63, 3.8) is 0 Å². The van der Waals surface area contributed by atoms with Crippen molar-refractivity contribution in [1.82, 2.24) is 0 Å². The Kier molecular flexibility index (Phi) is 4.10. The lowest BCUT2D eigenvalue weighted by molar-refractivity contribution is 0.772. The van der Waals surface area contributed by atoms with Gasteiger partial charge in [0.15, 0.2) is 0 Å². The summed E-state index contributed by atoms with van der Waals surface area (Å²) in [6.07, 6.45) is 3.37. The van der Waals surface area contributed by atoms with Crippen molar-refractivity contribution >= 4 is 0 Å². The molecule has 0 aromatic carbocycles. The predicted octanol–water partition coefficient (Wildman–Crippen LogP) is 3.55. The Hall–Kier alpha value is -0.520. The third kappa shape index (κ3) is 2.86. The van der Waals surface area contributed by atoms with Crippen LogP contribution in [0.25, 0.3) is 0 Å². The summed E-state index contributed by atoms with van der Waals surface area (Å²) >= 11 is 0. The van der Waals surface area contributed by atoms with Crippen molar-refractivity contribution in [1.29, 1.82) is 0 Å². The highest BCUT2D eigenvalue weighted by Crippen LogP contribution is 2.17. The van der Waals surface area contributed by atoms with E-state index in [0.29, 0.717) is 5.92 Å². The normalized spacial score (nSPS) is 12.3. The van der Waals surface area contributed by atoms with E-state index in [0.717, 1.165) is 6.42 Å². The van der Waals surface area contributed by atoms with Crippen molar-refractivity contribution < 1.29 is 0 Å². The Labute approximate surface area is 64.6 Å². The molecule has 0 nitrogen and oxygen atoms in total. The molecule has 0 aliphatic rings. The van der Waals surface area contributed by atoms with Crippen LogP contribution in [0.4, 0.5) is 0 Å². The average Bonchev–Trinajstić information content (AvgIpc) is 1.81. The number of hydrogen-bond donors (Lipinski definition) is 0. The summed E-state index contributed by atoms with van der Waals surface area (Å²) < 4.78 is 0. The Balaban J connectivity index is 4.27. The van der Waals surface area contributed by atoms with E-state index in [1.54, 1.807) is 0 Å². The number of hydrogen-bond acceptors (Lipinski definition) is 0.